The number of thiol groups is 2. The molecule has 0 radical (unpaired) electrons. The average molecular weight is 729 g/mol. The van der Waals surface area contributed by atoms with Gasteiger partial charge >= 0.3 is 6.80 Å². The SMILES string of the molecule is Nc1nc2c(nnn2[C@@H]2S[C@H](CO[PH](=O)S)[C@@H](F)[C@H]2OP(=O)(S)OC2[C@H]3O[C@@H](n4nnc5c(N)ncnc54)[C@@H](F)[C@@]23O)c(=O)[nH]1. The van der Waals surface area contributed by atoms with Crippen LogP contribution in [0.4, 0.5) is 20.5 Å². The zero-order valence-electron chi connectivity index (χ0n) is 21.9. The molecule has 0 amide bonds. The second-order valence-electron chi connectivity index (χ2n) is 10.0. The van der Waals surface area contributed by atoms with Crippen LogP contribution in [0.5, 0.6) is 0 Å². The molecule has 4 aromatic rings. The number of anilines is 2. The Hall–Kier alpha value is -2.47. The molecule has 1 aliphatic carbocycles. The van der Waals surface area contributed by atoms with Crippen molar-refractivity contribution in [3.8, 4) is 0 Å². The smallest absolute Gasteiger partial charge is 0.382 e. The summed E-state index contributed by atoms with van der Waals surface area (Å²) in [5.41, 5.74) is 8.11. The third-order valence-electron chi connectivity index (χ3n) is 7.32. The molecule has 0 spiro atoms. The molecule has 20 nitrogen and oxygen atoms in total. The van der Waals surface area contributed by atoms with Crippen LogP contribution in [0.1, 0.15) is 11.6 Å². The summed E-state index contributed by atoms with van der Waals surface area (Å²) >= 11 is 8.50. The molecule has 2 saturated heterocycles. The molecule has 11 atom stereocenters. The first-order valence-electron chi connectivity index (χ1n) is 12.6. The maximum absolute atomic E-state index is 15.8. The number of aromatic nitrogens is 10. The molecule has 3 aliphatic rings. The van der Waals surface area contributed by atoms with Crippen molar-refractivity contribution in [3.05, 3.63) is 16.7 Å². The van der Waals surface area contributed by atoms with E-state index in [0.717, 1.165) is 27.5 Å². The number of nitrogen functional groups attached to an aromatic ring is 2. The first-order chi connectivity index (χ1) is 21.3. The fourth-order valence-corrected chi connectivity index (χ4v) is 9.15. The van der Waals surface area contributed by atoms with Gasteiger partial charge in [-0.25, -0.2) is 28.0 Å². The number of rotatable bonds is 9. The number of aromatic amines is 1. The van der Waals surface area contributed by atoms with E-state index in [0.29, 0.717) is 0 Å². The van der Waals surface area contributed by atoms with Crippen LogP contribution >= 0.6 is 50.3 Å². The minimum Gasteiger partial charge on any atom is -0.382 e. The van der Waals surface area contributed by atoms with Gasteiger partial charge < -0.3 is 25.8 Å². The summed E-state index contributed by atoms with van der Waals surface area (Å²) in [6.07, 6.45) is -9.15. The molecule has 242 valence electrons. The first-order valence-corrected chi connectivity index (χ1v) is 18.8. The van der Waals surface area contributed by atoms with Crippen LogP contribution in [0.15, 0.2) is 11.1 Å². The van der Waals surface area contributed by atoms with Crippen LogP contribution in [0.3, 0.4) is 0 Å². The molecule has 6 N–H and O–H groups in total. The molecule has 45 heavy (non-hydrogen) atoms. The van der Waals surface area contributed by atoms with Crippen molar-refractivity contribution in [1.82, 2.24) is 49.9 Å². The lowest BCUT2D eigenvalue weighted by Gasteiger charge is -2.25. The Labute approximate surface area is 263 Å². The lowest BCUT2D eigenvalue weighted by molar-refractivity contribution is -0.0647. The molecule has 2 aliphatic heterocycles. The van der Waals surface area contributed by atoms with Crippen LogP contribution in [0.2, 0.25) is 0 Å². The second-order valence-corrected chi connectivity index (χ2v) is 16.1. The number of hydrogen-bond acceptors (Lipinski definition) is 18. The standard InChI is InChI=1S/C18H20F2N12O8P2S3/c19-4-3(1-37-41(35)43)45-16(32-13-6(28-30-32)14(33)26-17(22)25-13)7(4)39-42(36,44)40-10-9-18(10,34)8(20)15(38-9)31-12-5(27-29-31)11(21)23-2-24-12/h2-4,7-10,15-16,34,41H,1H2,(H,35,43)(H,36,44)(H2,21,23,24)(H3,22,25,26,33)/t3-,4-,7-,8-,9-,10?,15-,16-,18+,42?/m1/s1. The van der Waals surface area contributed by atoms with Gasteiger partial charge in [-0.15, -0.1) is 22.0 Å². The predicted molar refractivity (Wildman–Crippen MR) is 157 cm³/mol. The largest absolute Gasteiger partial charge is 0.387 e. The first kappa shape index (κ1) is 31.1. The van der Waals surface area contributed by atoms with Crippen LogP contribution in [0, 0.1) is 0 Å². The third-order valence-corrected chi connectivity index (χ3v) is 11.2. The van der Waals surface area contributed by atoms with Crippen LogP contribution in [0.25, 0.3) is 22.3 Å². The van der Waals surface area contributed by atoms with Crippen molar-refractivity contribution >= 4 is 84.4 Å². The van der Waals surface area contributed by atoms with Gasteiger partial charge in [0.15, 0.2) is 46.1 Å². The summed E-state index contributed by atoms with van der Waals surface area (Å²) < 4.78 is 79.9. The monoisotopic (exact) mass is 728 g/mol. The third kappa shape index (κ3) is 5.12. The van der Waals surface area contributed by atoms with E-state index in [4.69, 9.17) is 29.8 Å². The van der Waals surface area contributed by atoms with Gasteiger partial charge in [-0.2, -0.15) is 9.67 Å². The predicted octanol–water partition coefficient (Wildman–Crippen LogP) is -0.00940. The minimum atomic E-state index is -4.63. The van der Waals surface area contributed by atoms with E-state index < -0.39 is 79.3 Å². The van der Waals surface area contributed by atoms with Crippen molar-refractivity contribution in [2.24, 2.45) is 0 Å². The Morgan fingerprint density at radius 3 is 2.64 bits per heavy atom. The van der Waals surface area contributed by atoms with E-state index in [9.17, 15) is 19.0 Å². The fourth-order valence-electron chi connectivity index (χ4n) is 5.19. The zero-order chi connectivity index (χ0) is 32.0. The number of alkyl halides is 2. The number of aliphatic hydroxyl groups is 1. The lowest BCUT2D eigenvalue weighted by Crippen LogP contribution is -2.35. The number of nitrogens with zero attached hydrogens (tertiary/aromatic N) is 9. The Bertz CT molecular complexity index is 1960. The summed E-state index contributed by atoms with van der Waals surface area (Å²) in [5, 5.41) is 24.0. The van der Waals surface area contributed by atoms with Crippen LogP contribution < -0.4 is 17.0 Å². The highest BCUT2D eigenvalue weighted by molar-refractivity contribution is 8.44. The van der Waals surface area contributed by atoms with Gasteiger partial charge in [0.2, 0.25) is 13.2 Å². The summed E-state index contributed by atoms with van der Waals surface area (Å²) in [5.74, 6) is -0.293. The van der Waals surface area contributed by atoms with Gasteiger partial charge in [-0.1, -0.05) is 34.9 Å². The quantitative estimate of drug-likeness (QED) is 0.0976. The summed E-state index contributed by atoms with van der Waals surface area (Å²) in [6.45, 7) is -5.03. The van der Waals surface area contributed by atoms with Crippen molar-refractivity contribution in [2.45, 2.75) is 53.1 Å². The van der Waals surface area contributed by atoms with Gasteiger partial charge in [0.25, 0.3) is 5.56 Å². The number of thioether (sulfide) groups is 1. The van der Waals surface area contributed by atoms with Crippen molar-refractivity contribution in [1.29, 1.82) is 0 Å². The molecule has 0 aromatic carbocycles. The minimum absolute atomic E-state index is 0.00817. The Balaban J connectivity index is 1.12. The molecule has 0 bridgehead atoms. The van der Waals surface area contributed by atoms with E-state index in [1.165, 1.54) is 0 Å². The normalized spacial score (nSPS) is 34.7. The Morgan fingerprint density at radius 1 is 1.20 bits per heavy atom. The van der Waals surface area contributed by atoms with Crippen molar-refractivity contribution < 1.29 is 41.3 Å². The van der Waals surface area contributed by atoms with E-state index in [1.807, 2.05) is 0 Å². The molecule has 4 aromatic heterocycles. The van der Waals surface area contributed by atoms with Crippen LogP contribution in [-0.4, -0.2) is 103 Å². The summed E-state index contributed by atoms with van der Waals surface area (Å²) in [6, 6.07) is 0. The summed E-state index contributed by atoms with van der Waals surface area (Å²) in [7, 11) is -2.76. The topological polar surface area (TPSA) is 276 Å². The molecule has 6 heterocycles. The lowest BCUT2D eigenvalue weighted by atomic mass is 10.1. The average Bonchev–Trinajstić information content (AvgIpc) is 3.49. The molecule has 3 fully saturated rings. The van der Waals surface area contributed by atoms with Gasteiger partial charge in [-0.05, 0) is 0 Å². The molecule has 1 saturated carbocycles. The molecule has 7 rings (SSSR count). The number of fused-ring (bicyclic) bond motifs is 3. The number of hydrogen-bond donors (Lipinski definition) is 6. The molecule has 27 heteroatoms. The zero-order valence-corrected chi connectivity index (χ0v) is 26.4. The maximum atomic E-state index is 15.8. The number of nitrogens with one attached hydrogen (secondary N) is 1. The van der Waals surface area contributed by atoms with E-state index in [1.54, 1.807) is 0 Å². The second kappa shape index (κ2) is 11.1. The van der Waals surface area contributed by atoms with Crippen molar-refractivity contribution in [3.63, 3.8) is 0 Å². The maximum Gasteiger partial charge on any atom is 0.387 e. The van der Waals surface area contributed by atoms with Crippen molar-refractivity contribution in [2.75, 3.05) is 18.1 Å². The van der Waals surface area contributed by atoms with Gasteiger partial charge in [0, 0.05) is 0 Å². The van der Waals surface area contributed by atoms with Gasteiger partial charge in [-0.3, -0.25) is 23.4 Å². The van der Waals surface area contributed by atoms with Gasteiger partial charge in [0.05, 0.1) is 11.9 Å². The van der Waals surface area contributed by atoms with Gasteiger partial charge in [0.1, 0.15) is 36.2 Å². The number of nitrogens with two attached hydrogens (primary N) is 2. The highest BCUT2D eigenvalue weighted by Crippen LogP contribution is 2.66. The van der Waals surface area contributed by atoms with E-state index in [2.05, 4.69) is 65.1 Å². The molecule has 3 unspecified atom stereocenters. The highest BCUT2D eigenvalue weighted by Gasteiger charge is 2.80. The van der Waals surface area contributed by atoms with E-state index >= 15 is 8.78 Å². The van der Waals surface area contributed by atoms with E-state index in [-0.39, 0.29) is 34.1 Å². The number of ether oxygens (including phenoxy) is 1. The number of H-pyrrole nitrogens is 1. The van der Waals surface area contributed by atoms with Crippen LogP contribution in [-0.2, 0) is 27.4 Å². The fraction of sp³-hybridized carbons (Fsp3) is 0.556. The summed E-state index contributed by atoms with van der Waals surface area (Å²) in [4.78, 5) is 26.3. The highest BCUT2D eigenvalue weighted by atomic mass is 32.7. The Morgan fingerprint density at radius 2 is 1.93 bits per heavy atom. The number of halogens is 2. The Kier molecular flexibility index (Phi) is 7.66. The molecular weight excluding hydrogens is 708 g/mol. The molecular formula is C18H20F2N12O8P2S3.